The van der Waals surface area contributed by atoms with Gasteiger partial charge in [-0.3, -0.25) is 0 Å². The van der Waals surface area contributed by atoms with Crippen LogP contribution in [-0.2, 0) is 4.74 Å². The largest absolute Gasteiger partial charge is 0.391 e. The number of rotatable bonds is 24. The third-order valence-corrected chi connectivity index (χ3v) is 5.51. The van der Waals surface area contributed by atoms with Crippen molar-refractivity contribution in [1.82, 2.24) is 0 Å². The SMILES string of the molecule is C=CCCCCCCCCCC(O)COCC(O)CCCCCCCCCC=C. The van der Waals surface area contributed by atoms with Gasteiger partial charge < -0.3 is 14.9 Å². The van der Waals surface area contributed by atoms with Gasteiger partial charge in [0.25, 0.3) is 0 Å². The molecule has 2 unspecified atom stereocenters. The molecule has 0 aromatic heterocycles. The monoisotopic (exact) mass is 410 g/mol. The minimum Gasteiger partial charge on any atom is -0.391 e. The number of aliphatic hydroxyl groups excluding tert-OH is 2. The zero-order valence-corrected chi connectivity index (χ0v) is 19.2. The summed E-state index contributed by atoms with van der Waals surface area (Å²) in [6.45, 7) is 8.20. The van der Waals surface area contributed by atoms with Gasteiger partial charge in [-0.1, -0.05) is 89.2 Å². The number of hydrogen-bond donors (Lipinski definition) is 2. The fourth-order valence-electron chi connectivity index (χ4n) is 3.61. The van der Waals surface area contributed by atoms with Gasteiger partial charge in [-0.2, -0.15) is 0 Å². The molecule has 3 heteroatoms. The second-order valence-electron chi connectivity index (χ2n) is 8.53. The molecule has 0 radical (unpaired) electrons. The summed E-state index contributed by atoms with van der Waals surface area (Å²) in [7, 11) is 0. The summed E-state index contributed by atoms with van der Waals surface area (Å²) >= 11 is 0. The van der Waals surface area contributed by atoms with Crippen molar-refractivity contribution in [3.05, 3.63) is 25.3 Å². The third kappa shape index (κ3) is 23.5. The predicted octanol–water partition coefficient (Wildman–Crippen LogP) is 7.12. The lowest BCUT2D eigenvalue weighted by Gasteiger charge is -2.14. The van der Waals surface area contributed by atoms with E-state index in [1.807, 2.05) is 12.2 Å². The molecule has 0 aliphatic heterocycles. The van der Waals surface area contributed by atoms with Crippen LogP contribution in [0.3, 0.4) is 0 Å². The molecule has 0 saturated heterocycles. The Labute approximate surface area is 181 Å². The van der Waals surface area contributed by atoms with Crippen LogP contribution in [0, 0.1) is 0 Å². The highest BCUT2D eigenvalue weighted by molar-refractivity contribution is 4.66. The van der Waals surface area contributed by atoms with E-state index >= 15 is 0 Å². The number of hydrogen-bond acceptors (Lipinski definition) is 3. The topological polar surface area (TPSA) is 49.7 Å². The van der Waals surface area contributed by atoms with Crippen molar-refractivity contribution in [2.24, 2.45) is 0 Å². The average molecular weight is 411 g/mol. The Kier molecular flexibility index (Phi) is 23.1. The van der Waals surface area contributed by atoms with E-state index in [9.17, 15) is 10.2 Å². The predicted molar refractivity (Wildman–Crippen MR) is 126 cm³/mol. The van der Waals surface area contributed by atoms with E-state index < -0.39 is 12.2 Å². The Bertz CT molecular complexity index is 311. The lowest BCUT2D eigenvalue weighted by molar-refractivity contribution is -0.0129. The van der Waals surface area contributed by atoms with E-state index in [0.717, 1.165) is 38.5 Å². The molecule has 0 fully saturated rings. The van der Waals surface area contributed by atoms with Crippen molar-refractivity contribution in [1.29, 1.82) is 0 Å². The maximum atomic E-state index is 9.99. The molecule has 0 aliphatic rings. The van der Waals surface area contributed by atoms with Crippen molar-refractivity contribution in [2.45, 2.75) is 128 Å². The second kappa shape index (κ2) is 23.6. The van der Waals surface area contributed by atoms with Crippen molar-refractivity contribution >= 4 is 0 Å². The first-order valence-electron chi connectivity index (χ1n) is 12.4. The van der Waals surface area contributed by atoms with Crippen molar-refractivity contribution in [3.8, 4) is 0 Å². The first-order chi connectivity index (χ1) is 14.2. The summed E-state index contributed by atoms with van der Waals surface area (Å²) in [6, 6.07) is 0. The maximum absolute atomic E-state index is 9.99. The number of allylic oxidation sites excluding steroid dienone is 2. The number of aliphatic hydroxyl groups is 2. The Morgan fingerprint density at radius 1 is 0.517 bits per heavy atom. The summed E-state index contributed by atoms with van der Waals surface area (Å²) < 4.78 is 5.51. The van der Waals surface area contributed by atoms with Gasteiger partial charge in [0.2, 0.25) is 0 Å². The molecule has 0 bridgehead atoms. The van der Waals surface area contributed by atoms with Gasteiger partial charge >= 0.3 is 0 Å². The van der Waals surface area contributed by atoms with Gasteiger partial charge in [0, 0.05) is 0 Å². The van der Waals surface area contributed by atoms with Crippen LogP contribution in [0.4, 0.5) is 0 Å². The van der Waals surface area contributed by atoms with E-state index in [2.05, 4.69) is 13.2 Å². The quantitative estimate of drug-likeness (QED) is 0.132. The molecule has 0 spiro atoms. The first-order valence-corrected chi connectivity index (χ1v) is 12.4. The Morgan fingerprint density at radius 2 is 0.828 bits per heavy atom. The van der Waals surface area contributed by atoms with Crippen LogP contribution in [0.15, 0.2) is 25.3 Å². The molecular weight excluding hydrogens is 360 g/mol. The van der Waals surface area contributed by atoms with Gasteiger partial charge in [-0.05, 0) is 38.5 Å². The van der Waals surface area contributed by atoms with Gasteiger partial charge in [0.05, 0.1) is 25.4 Å². The summed E-state index contributed by atoms with van der Waals surface area (Å²) in [5, 5.41) is 20.0. The van der Waals surface area contributed by atoms with Gasteiger partial charge in [0.15, 0.2) is 0 Å². The van der Waals surface area contributed by atoms with E-state index in [-0.39, 0.29) is 0 Å². The zero-order chi connectivity index (χ0) is 21.4. The van der Waals surface area contributed by atoms with Crippen LogP contribution >= 0.6 is 0 Å². The van der Waals surface area contributed by atoms with Crippen LogP contribution < -0.4 is 0 Å². The van der Waals surface area contributed by atoms with E-state index in [0.29, 0.717) is 13.2 Å². The van der Waals surface area contributed by atoms with Crippen LogP contribution in [0.25, 0.3) is 0 Å². The van der Waals surface area contributed by atoms with Crippen molar-refractivity contribution < 1.29 is 14.9 Å². The fourth-order valence-corrected chi connectivity index (χ4v) is 3.61. The Balaban J connectivity index is 3.30. The normalized spacial score (nSPS) is 13.3. The molecule has 3 nitrogen and oxygen atoms in total. The zero-order valence-electron chi connectivity index (χ0n) is 19.2. The molecule has 0 heterocycles. The molecule has 0 aromatic carbocycles. The molecule has 29 heavy (non-hydrogen) atoms. The number of unbranched alkanes of at least 4 members (excludes halogenated alkanes) is 14. The molecule has 172 valence electrons. The standard InChI is InChI=1S/C26H50O3/c1-3-5-7-9-11-13-15-17-19-21-25(27)23-29-24-26(28)22-20-18-16-14-12-10-8-6-4-2/h3-4,25-28H,1-2,5-24H2. The Hall–Kier alpha value is -0.640. The summed E-state index contributed by atoms with van der Waals surface area (Å²) in [5.74, 6) is 0. The molecule has 0 aliphatic carbocycles. The van der Waals surface area contributed by atoms with E-state index in [1.165, 1.54) is 77.0 Å². The first kappa shape index (κ1) is 28.4. The van der Waals surface area contributed by atoms with Crippen LogP contribution in [0.2, 0.25) is 0 Å². The average Bonchev–Trinajstić information content (AvgIpc) is 2.71. The van der Waals surface area contributed by atoms with Crippen LogP contribution in [0.1, 0.15) is 116 Å². The molecule has 0 aromatic rings. The summed E-state index contributed by atoms with van der Waals surface area (Å²) in [5.41, 5.74) is 0. The fraction of sp³-hybridized carbons (Fsp3) is 0.846. The molecule has 0 rings (SSSR count). The summed E-state index contributed by atoms with van der Waals surface area (Å²) in [4.78, 5) is 0. The molecular formula is C26H50O3. The minimum atomic E-state index is -0.393. The highest BCUT2D eigenvalue weighted by Gasteiger charge is 2.08. The third-order valence-electron chi connectivity index (χ3n) is 5.51. The molecule has 2 atom stereocenters. The maximum Gasteiger partial charge on any atom is 0.0773 e. The van der Waals surface area contributed by atoms with Crippen molar-refractivity contribution in [2.75, 3.05) is 13.2 Å². The minimum absolute atomic E-state index is 0.351. The molecule has 0 amide bonds. The van der Waals surface area contributed by atoms with Gasteiger partial charge in [-0.15, -0.1) is 13.2 Å². The number of ether oxygens (including phenoxy) is 1. The van der Waals surface area contributed by atoms with E-state index in [1.54, 1.807) is 0 Å². The van der Waals surface area contributed by atoms with Crippen LogP contribution in [0.5, 0.6) is 0 Å². The van der Waals surface area contributed by atoms with Crippen LogP contribution in [-0.4, -0.2) is 35.6 Å². The van der Waals surface area contributed by atoms with Gasteiger partial charge in [0.1, 0.15) is 0 Å². The Morgan fingerprint density at radius 3 is 1.17 bits per heavy atom. The highest BCUT2D eigenvalue weighted by atomic mass is 16.5. The molecule has 2 N–H and O–H groups in total. The highest BCUT2D eigenvalue weighted by Crippen LogP contribution is 2.12. The van der Waals surface area contributed by atoms with Gasteiger partial charge in [-0.25, -0.2) is 0 Å². The lowest BCUT2D eigenvalue weighted by atomic mass is 10.1. The van der Waals surface area contributed by atoms with Crippen molar-refractivity contribution in [3.63, 3.8) is 0 Å². The second-order valence-corrected chi connectivity index (χ2v) is 8.53. The smallest absolute Gasteiger partial charge is 0.0773 e. The van der Waals surface area contributed by atoms with E-state index in [4.69, 9.17) is 4.74 Å². The molecule has 0 saturated carbocycles. The lowest BCUT2D eigenvalue weighted by Crippen LogP contribution is -2.21. The summed E-state index contributed by atoms with van der Waals surface area (Å²) in [6.07, 6.45) is 24.5.